The maximum atomic E-state index is 12.6. The summed E-state index contributed by atoms with van der Waals surface area (Å²) in [4.78, 5) is 25.2. The van der Waals surface area contributed by atoms with Crippen LogP contribution in [0.4, 0.5) is 0 Å². The molecule has 0 aliphatic carbocycles. The molecule has 1 unspecified atom stereocenters. The van der Waals surface area contributed by atoms with Gasteiger partial charge in [0.25, 0.3) is 0 Å². The molecule has 2 aliphatic heterocycles. The van der Waals surface area contributed by atoms with E-state index >= 15 is 0 Å². The Labute approximate surface area is 158 Å². The number of rotatable bonds is 6. The molecule has 9 heteroatoms. The van der Waals surface area contributed by atoms with Gasteiger partial charge in [-0.05, 0) is 55.9 Å². The lowest BCUT2D eigenvalue weighted by Crippen LogP contribution is -2.46. The monoisotopic (exact) mass is 396 g/mol. The summed E-state index contributed by atoms with van der Waals surface area (Å²) in [5, 5.41) is 8.89. The molecule has 8 nitrogen and oxygen atoms in total. The Morgan fingerprint density at radius 3 is 2.44 bits per heavy atom. The van der Waals surface area contributed by atoms with Gasteiger partial charge in [0.2, 0.25) is 15.9 Å². The fourth-order valence-electron chi connectivity index (χ4n) is 3.81. The van der Waals surface area contributed by atoms with E-state index < -0.39 is 16.0 Å². The van der Waals surface area contributed by atoms with Crippen molar-refractivity contribution in [2.45, 2.75) is 36.6 Å². The van der Waals surface area contributed by atoms with E-state index in [0.29, 0.717) is 25.7 Å². The van der Waals surface area contributed by atoms with Gasteiger partial charge >= 0.3 is 5.97 Å². The van der Waals surface area contributed by atoms with Gasteiger partial charge in [0.15, 0.2) is 0 Å². The fraction of sp³-hybridized carbons (Fsp3) is 0.556. The molecule has 2 fully saturated rings. The molecule has 3 rings (SSSR count). The Kier molecular flexibility index (Phi) is 6.13. The molecule has 2 saturated heterocycles. The Morgan fingerprint density at radius 2 is 1.81 bits per heavy atom. The van der Waals surface area contributed by atoms with E-state index in [1.165, 1.54) is 24.3 Å². The normalized spacial score (nSPS) is 21.3. The summed E-state index contributed by atoms with van der Waals surface area (Å²) in [7, 11) is -3.88. The highest BCUT2D eigenvalue weighted by Gasteiger charge is 2.35. The van der Waals surface area contributed by atoms with Crippen LogP contribution in [0.2, 0.25) is 0 Å². The number of nitrogens with zero attached hydrogens (tertiary/aromatic N) is 1. The summed E-state index contributed by atoms with van der Waals surface area (Å²) in [5.41, 5.74) is 0.00129. The second kappa shape index (κ2) is 8.37. The molecule has 148 valence electrons. The van der Waals surface area contributed by atoms with Gasteiger partial charge in [-0.1, -0.05) is 0 Å². The second-order valence-electron chi connectivity index (χ2n) is 6.90. The number of carbonyl (C=O) groups excluding carboxylic acids is 1. The molecule has 0 bridgehead atoms. The lowest BCUT2D eigenvalue weighted by Gasteiger charge is -2.34. The van der Waals surface area contributed by atoms with E-state index in [0.717, 1.165) is 25.7 Å². The van der Waals surface area contributed by atoms with Crippen molar-refractivity contribution in [3.8, 4) is 0 Å². The van der Waals surface area contributed by atoms with Crippen molar-refractivity contribution >= 4 is 21.9 Å². The molecule has 0 saturated carbocycles. The first-order valence-electron chi connectivity index (χ1n) is 9.09. The Morgan fingerprint density at radius 1 is 1.15 bits per heavy atom. The molecule has 1 amide bonds. The lowest BCUT2D eigenvalue weighted by atomic mass is 9.90. The smallest absolute Gasteiger partial charge is 0.335 e. The van der Waals surface area contributed by atoms with E-state index in [-0.39, 0.29) is 29.0 Å². The highest BCUT2D eigenvalue weighted by atomic mass is 32.2. The van der Waals surface area contributed by atoms with Crippen LogP contribution in [0.1, 0.15) is 36.0 Å². The minimum atomic E-state index is -3.88. The van der Waals surface area contributed by atoms with Crippen LogP contribution in [-0.4, -0.2) is 62.6 Å². The number of likely N-dealkylation sites (tertiary alicyclic amines) is 1. The van der Waals surface area contributed by atoms with Crippen LogP contribution in [0.15, 0.2) is 29.2 Å². The number of sulfonamides is 1. The van der Waals surface area contributed by atoms with Crippen molar-refractivity contribution in [1.29, 1.82) is 0 Å². The maximum Gasteiger partial charge on any atom is 0.335 e. The summed E-state index contributed by atoms with van der Waals surface area (Å²) < 4.78 is 32.5. The summed E-state index contributed by atoms with van der Waals surface area (Å²) in [6.07, 6.45) is 3.73. The lowest BCUT2D eigenvalue weighted by molar-refractivity contribution is -0.132. The summed E-state index contributed by atoms with van der Waals surface area (Å²) >= 11 is 0. The first kappa shape index (κ1) is 19.8. The van der Waals surface area contributed by atoms with Crippen molar-refractivity contribution in [3.63, 3.8) is 0 Å². The van der Waals surface area contributed by atoms with Gasteiger partial charge in [-0.3, -0.25) is 4.79 Å². The van der Waals surface area contributed by atoms with Crippen molar-refractivity contribution in [1.82, 2.24) is 9.62 Å². The average molecular weight is 396 g/mol. The largest absolute Gasteiger partial charge is 0.478 e. The van der Waals surface area contributed by atoms with Gasteiger partial charge in [-0.25, -0.2) is 17.9 Å². The first-order chi connectivity index (χ1) is 12.9. The van der Waals surface area contributed by atoms with Crippen LogP contribution in [-0.2, 0) is 19.6 Å². The molecule has 1 atom stereocenters. The zero-order chi connectivity index (χ0) is 19.4. The first-order valence-corrected chi connectivity index (χ1v) is 10.6. The summed E-state index contributed by atoms with van der Waals surface area (Å²) in [5.74, 6) is -0.949. The van der Waals surface area contributed by atoms with Crippen LogP contribution >= 0.6 is 0 Å². The molecule has 0 radical (unpaired) electrons. The molecule has 1 aromatic rings. The number of amides is 1. The number of hydrogen-bond donors (Lipinski definition) is 2. The molecule has 1 aromatic carbocycles. The molecule has 27 heavy (non-hydrogen) atoms. The van der Waals surface area contributed by atoms with Crippen molar-refractivity contribution in [2.75, 3.05) is 26.3 Å². The van der Waals surface area contributed by atoms with Crippen LogP contribution in [0, 0.1) is 5.92 Å². The second-order valence-corrected chi connectivity index (χ2v) is 8.67. The fourth-order valence-corrected chi connectivity index (χ4v) is 4.79. The summed E-state index contributed by atoms with van der Waals surface area (Å²) in [6, 6.07) is 5.04. The van der Waals surface area contributed by atoms with E-state index in [2.05, 4.69) is 4.72 Å². The average Bonchev–Trinajstić information content (AvgIpc) is 3.17. The van der Waals surface area contributed by atoms with Crippen LogP contribution < -0.4 is 4.72 Å². The van der Waals surface area contributed by atoms with Crippen molar-refractivity contribution in [2.24, 2.45) is 5.92 Å². The highest BCUT2D eigenvalue weighted by molar-refractivity contribution is 7.89. The SMILES string of the molecule is O=C(O)c1ccc(S(=O)(=O)NCC(=O)N2CCCC2C2CCOCC2)cc1. The molecule has 2 heterocycles. The predicted octanol–water partition coefficient (Wildman–Crippen LogP) is 1.08. The van der Waals surface area contributed by atoms with Gasteiger partial charge < -0.3 is 14.7 Å². The maximum absolute atomic E-state index is 12.6. The van der Waals surface area contributed by atoms with Crippen LogP contribution in [0.3, 0.4) is 0 Å². The van der Waals surface area contributed by atoms with E-state index in [1.807, 2.05) is 0 Å². The van der Waals surface area contributed by atoms with E-state index in [4.69, 9.17) is 9.84 Å². The van der Waals surface area contributed by atoms with Crippen molar-refractivity contribution < 1.29 is 27.9 Å². The molecular weight excluding hydrogens is 372 g/mol. The standard InChI is InChI=1S/C18H24N2O6S/c21-17(20-9-1-2-16(20)13-7-10-26-11-8-13)12-19-27(24,25)15-5-3-14(4-6-15)18(22)23/h3-6,13,16,19H,1-2,7-12H2,(H,22,23). The third kappa shape index (κ3) is 4.66. The molecule has 0 aromatic heterocycles. The van der Waals surface area contributed by atoms with E-state index in [9.17, 15) is 18.0 Å². The number of carbonyl (C=O) groups is 2. The molecular formula is C18H24N2O6S. The minimum Gasteiger partial charge on any atom is -0.478 e. The van der Waals surface area contributed by atoms with Crippen molar-refractivity contribution in [3.05, 3.63) is 29.8 Å². The van der Waals surface area contributed by atoms with E-state index in [1.54, 1.807) is 4.90 Å². The topological polar surface area (TPSA) is 113 Å². The number of aromatic carboxylic acids is 1. The van der Waals surface area contributed by atoms with Gasteiger partial charge in [0, 0.05) is 25.8 Å². The third-order valence-electron chi connectivity index (χ3n) is 5.25. The number of hydrogen-bond acceptors (Lipinski definition) is 5. The third-order valence-corrected chi connectivity index (χ3v) is 6.67. The Balaban J connectivity index is 1.61. The molecule has 2 N–H and O–H groups in total. The summed E-state index contributed by atoms with van der Waals surface area (Å²) in [6.45, 7) is 1.77. The Bertz CT molecular complexity index is 787. The highest BCUT2D eigenvalue weighted by Crippen LogP contribution is 2.30. The number of ether oxygens (including phenoxy) is 1. The van der Waals surface area contributed by atoms with Gasteiger partial charge in [0.1, 0.15) is 0 Å². The Hall–Kier alpha value is -1.97. The zero-order valence-corrected chi connectivity index (χ0v) is 15.8. The molecule has 0 spiro atoms. The number of carboxylic acids is 1. The number of benzene rings is 1. The number of carboxylic acid groups (broad SMARTS) is 1. The molecule has 2 aliphatic rings. The van der Waals surface area contributed by atoms with Gasteiger partial charge in [0.05, 0.1) is 17.0 Å². The zero-order valence-electron chi connectivity index (χ0n) is 15.0. The van der Waals surface area contributed by atoms with Gasteiger partial charge in [-0.15, -0.1) is 0 Å². The number of nitrogens with one attached hydrogen (secondary N) is 1. The predicted molar refractivity (Wildman–Crippen MR) is 96.9 cm³/mol. The van der Waals surface area contributed by atoms with Crippen LogP contribution in [0.25, 0.3) is 0 Å². The quantitative estimate of drug-likeness (QED) is 0.744. The van der Waals surface area contributed by atoms with Gasteiger partial charge in [-0.2, -0.15) is 0 Å². The van der Waals surface area contributed by atoms with Crippen LogP contribution in [0.5, 0.6) is 0 Å². The minimum absolute atomic E-state index is 0.00129.